The topological polar surface area (TPSA) is 16.4 Å². The monoisotopic (exact) mass is 603 g/mol. The van der Waals surface area contributed by atoms with E-state index >= 15 is 0 Å². The van der Waals surface area contributed by atoms with Gasteiger partial charge in [0.1, 0.15) is 5.58 Å². The second kappa shape index (κ2) is 10.6. The fourth-order valence-electron chi connectivity index (χ4n) is 7.46. The third-order valence-electron chi connectivity index (χ3n) is 9.86. The molecule has 0 N–H and O–H groups in total. The van der Waals surface area contributed by atoms with Gasteiger partial charge in [-0.25, -0.2) is 0 Å². The van der Waals surface area contributed by atoms with Gasteiger partial charge < -0.3 is 9.32 Å². The van der Waals surface area contributed by atoms with E-state index in [-0.39, 0.29) is 5.41 Å². The van der Waals surface area contributed by atoms with Gasteiger partial charge in [0.05, 0.1) is 5.69 Å². The minimum absolute atomic E-state index is 0.0756. The number of nitrogens with zero attached hydrogens (tertiary/aromatic N) is 1. The Morgan fingerprint density at radius 1 is 0.447 bits per heavy atom. The number of hydrogen-bond donors (Lipinski definition) is 0. The first-order chi connectivity index (χ1) is 23.1. The SMILES string of the molecule is CC1(C)c2ccccc2-c2ccc(-c3cc(N(c4ccccc4)c4ccc(-c5ccccc5)cc4)c4oc5ccccc5c4c3)cc21. The molecule has 0 amide bonds. The zero-order valence-corrected chi connectivity index (χ0v) is 26.4. The van der Waals surface area contributed by atoms with Crippen LogP contribution in [0.2, 0.25) is 0 Å². The Kier molecular flexibility index (Phi) is 6.20. The lowest BCUT2D eigenvalue weighted by Gasteiger charge is -2.26. The quantitative estimate of drug-likeness (QED) is 0.195. The molecule has 0 unspecified atom stereocenters. The van der Waals surface area contributed by atoms with Crippen molar-refractivity contribution in [3.63, 3.8) is 0 Å². The van der Waals surface area contributed by atoms with E-state index in [2.05, 4.69) is 176 Å². The number of fused-ring (bicyclic) bond motifs is 6. The lowest BCUT2D eigenvalue weighted by molar-refractivity contribution is 0.660. The van der Waals surface area contributed by atoms with Gasteiger partial charge in [-0.1, -0.05) is 129 Å². The molecule has 0 radical (unpaired) electrons. The van der Waals surface area contributed by atoms with Crippen molar-refractivity contribution < 1.29 is 4.42 Å². The first kappa shape index (κ1) is 27.5. The van der Waals surface area contributed by atoms with Crippen molar-refractivity contribution in [3.05, 3.63) is 175 Å². The third kappa shape index (κ3) is 4.40. The van der Waals surface area contributed by atoms with E-state index in [0.717, 1.165) is 44.6 Å². The summed E-state index contributed by atoms with van der Waals surface area (Å²) in [5.74, 6) is 0. The summed E-state index contributed by atoms with van der Waals surface area (Å²) >= 11 is 0. The predicted molar refractivity (Wildman–Crippen MR) is 197 cm³/mol. The molecule has 1 aromatic heterocycles. The number of rotatable bonds is 5. The summed E-state index contributed by atoms with van der Waals surface area (Å²) in [6, 6.07) is 58.8. The van der Waals surface area contributed by atoms with Crippen LogP contribution < -0.4 is 4.90 Å². The van der Waals surface area contributed by atoms with Crippen molar-refractivity contribution in [3.8, 4) is 33.4 Å². The minimum Gasteiger partial charge on any atom is -0.454 e. The number of furan rings is 1. The molecule has 7 aromatic carbocycles. The van der Waals surface area contributed by atoms with Crippen LogP contribution >= 0.6 is 0 Å². The summed E-state index contributed by atoms with van der Waals surface area (Å²) in [6.45, 7) is 4.69. The molecule has 0 aliphatic heterocycles. The highest BCUT2D eigenvalue weighted by Gasteiger charge is 2.35. The maximum absolute atomic E-state index is 6.70. The van der Waals surface area contributed by atoms with Crippen molar-refractivity contribution >= 4 is 39.0 Å². The largest absolute Gasteiger partial charge is 0.454 e. The molecule has 0 saturated heterocycles. The number of anilines is 3. The molecule has 9 rings (SSSR count). The summed E-state index contributed by atoms with van der Waals surface area (Å²) in [5, 5.41) is 2.23. The molecule has 1 aliphatic carbocycles. The Hall–Kier alpha value is -5.86. The van der Waals surface area contributed by atoms with E-state index in [0.29, 0.717) is 0 Å². The fraction of sp³-hybridized carbons (Fsp3) is 0.0667. The smallest absolute Gasteiger partial charge is 0.159 e. The van der Waals surface area contributed by atoms with Crippen molar-refractivity contribution in [1.29, 1.82) is 0 Å². The summed E-state index contributed by atoms with van der Waals surface area (Å²) in [6.07, 6.45) is 0. The van der Waals surface area contributed by atoms with Gasteiger partial charge in [0.15, 0.2) is 5.58 Å². The Balaban J connectivity index is 1.27. The molecule has 0 bridgehead atoms. The Morgan fingerprint density at radius 2 is 1.06 bits per heavy atom. The van der Waals surface area contributed by atoms with Crippen LogP contribution in [-0.2, 0) is 5.41 Å². The zero-order chi connectivity index (χ0) is 31.5. The summed E-state index contributed by atoms with van der Waals surface area (Å²) in [7, 11) is 0. The van der Waals surface area contributed by atoms with Gasteiger partial charge in [-0.3, -0.25) is 0 Å². The van der Waals surface area contributed by atoms with Gasteiger partial charge in [-0.05, 0) is 93.0 Å². The number of para-hydroxylation sites is 2. The van der Waals surface area contributed by atoms with Gasteiger partial charge in [0.25, 0.3) is 0 Å². The molecular weight excluding hydrogens is 571 g/mol. The Labute approximate surface area is 275 Å². The molecule has 1 aliphatic rings. The molecule has 224 valence electrons. The van der Waals surface area contributed by atoms with Crippen LogP contribution in [0.1, 0.15) is 25.0 Å². The lowest BCUT2D eigenvalue weighted by Crippen LogP contribution is -2.14. The summed E-state index contributed by atoms with van der Waals surface area (Å²) < 4.78 is 6.70. The molecule has 47 heavy (non-hydrogen) atoms. The molecule has 0 saturated carbocycles. The first-order valence-electron chi connectivity index (χ1n) is 16.3. The van der Waals surface area contributed by atoms with E-state index in [1.54, 1.807) is 0 Å². The van der Waals surface area contributed by atoms with E-state index in [9.17, 15) is 0 Å². The molecule has 0 atom stereocenters. The van der Waals surface area contributed by atoms with E-state index in [1.165, 1.54) is 38.9 Å². The molecule has 0 fully saturated rings. The van der Waals surface area contributed by atoms with Crippen LogP contribution in [0.4, 0.5) is 17.1 Å². The standard InChI is InChI=1S/C45H33NO/c1-45(2)40-19-11-9-17-36(40)37-26-23-32(28-41(37)45)33-27-39-38-18-10-12-20-43(38)47-44(39)42(29-33)46(34-15-7-4-8-16-34)35-24-21-31(22-25-35)30-13-5-3-6-14-30/h3-29H,1-2H3. The average molecular weight is 604 g/mol. The second-order valence-corrected chi connectivity index (χ2v) is 13.0. The minimum atomic E-state index is -0.0756. The van der Waals surface area contributed by atoms with Crippen molar-refractivity contribution in [1.82, 2.24) is 0 Å². The van der Waals surface area contributed by atoms with Crippen molar-refractivity contribution in [2.45, 2.75) is 19.3 Å². The van der Waals surface area contributed by atoms with Crippen LogP contribution in [0.3, 0.4) is 0 Å². The van der Waals surface area contributed by atoms with Gasteiger partial charge >= 0.3 is 0 Å². The normalized spacial score (nSPS) is 13.1. The molecule has 2 nitrogen and oxygen atoms in total. The average Bonchev–Trinajstić information content (AvgIpc) is 3.62. The highest BCUT2D eigenvalue weighted by molar-refractivity contribution is 6.12. The molecule has 0 spiro atoms. The Morgan fingerprint density at radius 3 is 1.87 bits per heavy atom. The van der Waals surface area contributed by atoms with E-state index in [4.69, 9.17) is 4.42 Å². The van der Waals surface area contributed by atoms with Crippen LogP contribution in [0.5, 0.6) is 0 Å². The van der Waals surface area contributed by atoms with E-state index in [1.807, 2.05) is 6.07 Å². The lowest BCUT2D eigenvalue weighted by atomic mass is 9.81. The number of benzene rings is 7. The predicted octanol–water partition coefficient (Wildman–Crippen LogP) is 12.7. The maximum Gasteiger partial charge on any atom is 0.159 e. The van der Waals surface area contributed by atoms with Crippen LogP contribution in [-0.4, -0.2) is 0 Å². The Bertz CT molecular complexity index is 2420. The zero-order valence-electron chi connectivity index (χ0n) is 26.4. The van der Waals surface area contributed by atoms with Crippen LogP contribution in [0, 0.1) is 0 Å². The summed E-state index contributed by atoms with van der Waals surface area (Å²) in [5.41, 5.74) is 15.0. The van der Waals surface area contributed by atoms with Crippen molar-refractivity contribution in [2.24, 2.45) is 0 Å². The number of hydrogen-bond acceptors (Lipinski definition) is 2. The highest BCUT2D eigenvalue weighted by atomic mass is 16.3. The second-order valence-electron chi connectivity index (χ2n) is 13.0. The van der Waals surface area contributed by atoms with Gasteiger partial charge in [-0.2, -0.15) is 0 Å². The highest BCUT2D eigenvalue weighted by Crippen LogP contribution is 2.50. The van der Waals surface area contributed by atoms with E-state index < -0.39 is 0 Å². The first-order valence-corrected chi connectivity index (χ1v) is 16.3. The molecule has 8 aromatic rings. The maximum atomic E-state index is 6.70. The molecular formula is C45H33NO. The van der Waals surface area contributed by atoms with Crippen LogP contribution in [0.25, 0.3) is 55.3 Å². The molecule has 1 heterocycles. The third-order valence-corrected chi connectivity index (χ3v) is 9.86. The van der Waals surface area contributed by atoms with Crippen LogP contribution in [0.15, 0.2) is 168 Å². The van der Waals surface area contributed by atoms with Gasteiger partial charge in [0, 0.05) is 27.6 Å². The van der Waals surface area contributed by atoms with Crippen molar-refractivity contribution in [2.75, 3.05) is 4.90 Å². The van der Waals surface area contributed by atoms with Gasteiger partial charge in [0.2, 0.25) is 0 Å². The fourth-order valence-corrected chi connectivity index (χ4v) is 7.46. The summed E-state index contributed by atoms with van der Waals surface area (Å²) in [4.78, 5) is 2.33. The molecule has 2 heteroatoms. The van der Waals surface area contributed by atoms with Gasteiger partial charge in [-0.15, -0.1) is 0 Å².